The van der Waals surface area contributed by atoms with E-state index in [9.17, 15) is 14.9 Å². The number of aromatic carboxylic acids is 1. The third kappa shape index (κ3) is 3.48. The van der Waals surface area contributed by atoms with Crippen molar-refractivity contribution in [3.8, 4) is 11.6 Å². The van der Waals surface area contributed by atoms with E-state index < -0.39 is 16.6 Å². The second kappa shape index (κ2) is 6.23. The molecule has 0 amide bonds. The molecule has 1 aromatic carbocycles. The first-order valence-corrected chi connectivity index (χ1v) is 6.94. The van der Waals surface area contributed by atoms with Gasteiger partial charge in [0, 0.05) is 11.0 Å². The molecule has 0 saturated heterocycles. The van der Waals surface area contributed by atoms with Crippen molar-refractivity contribution in [2.45, 2.75) is 4.90 Å². The molecule has 1 heterocycles. The standard InChI is InChI=1S/C13H10N2O5S/c1-21-9-4-2-8(3-5-9)20-12-11(15(18)19)7-6-10(14-12)13(16)17/h2-7H,1H3,(H,16,17). The summed E-state index contributed by atoms with van der Waals surface area (Å²) < 4.78 is 5.34. The molecule has 0 radical (unpaired) electrons. The van der Waals surface area contributed by atoms with Crippen LogP contribution < -0.4 is 4.74 Å². The fourth-order valence-electron chi connectivity index (χ4n) is 1.52. The second-order valence-corrected chi connectivity index (χ2v) is 4.74. The van der Waals surface area contributed by atoms with Gasteiger partial charge in [-0.3, -0.25) is 10.1 Å². The highest BCUT2D eigenvalue weighted by molar-refractivity contribution is 7.98. The maximum absolute atomic E-state index is 10.9. The van der Waals surface area contributed by atoms with Crippen molar-refractivity contribution in [1.82, 2.24) is 4.98 Å². The maximum atomic E-state index is 10.9. The van der Waals surface area contributed by atoms with Crippen LogP contribution >= 0.6 is 11.8 Å². The van der Waals surface area contributed by atoms with Gasteiger partial charge in [-0.25, -0.2) is 4.79 Å². The Bertz CT molecular complexity index is 687. The molecule has 2 aromatic rings. The topological polar surface area (TPSA) is 103 Å². The van der Waals surface area contributed by atoms with Crippen LogP contribution in [0.2, 0.25) is 0 Å². The number of nitrogens with zero attached hydrogens (tertiary/aromatic N) is 2. The molecule has 108 valence electrons. The van der Waals surface area contributed by atoms with Crippen LogP contribution in [0.3, 0.4) is 0 Å². The van der Waals surface area contributed by atoms with E-state index in [1.165, 1.54) is 0 Å². The van der Waals surface area contributed by atoms with E-state index in [-0.39, 0.29) is 11.6 Å². The van der Waals surface area contributed by atoms with Crippen molar-refractivity contribution >= 4 is 23.4 Å². The van der Waals surface area contributed by atoms with Crippen LogP contribution in [-0.4, -0.2) is 27.2 Å². The van der Waals surface area contributed by atoms with Gasteiger partial charge in [0.05, 0.1) is 4.92 Å². The van der Waals surface area contributed by atoms with Gasteiger partial charge < -0.3 is 9.84 Å². The number of thioether (sulfide) groups is 1. The monoisotopic (exact) mass is 306 g/mol. The van der Waals surface area contributed by atoms with Crippen LogP contribution in [0.25, 0.3) is 0 Å². The number of hydrogen-bond acceptors (Lipinski definition) is 6. The molecule has 0 aliphatic carbocycles. The first-order chi connectivity index (χ1) is 10.0. The lowest BCUT2D eigenvalue weighted by Crippen LogP contribution is -2.03. The summed E-state index contributed by atoms with van der Waals surface area (Å²) in [5, 5.41) is 19.8. The van der Waals surface area contributed by atoms with Gasteiger partial charge in [0.2, 0.25) is 0 Å². The fourth-order valence-corrected chi connectivity index (χ4v) is 1.93. The van der Waals surface area contributed by atoms with E-state index in [0.29, 0.717) is 5.75 Å². The third-order valence-corrected chi connectivity index (χ3v) is 3.27. The summed E-state index contributed by atoms with van der Waals surface area (Å²) in [4.78, 5) is 25.8. The number of carboxylic acids is 1. The predicted octanol–water partition coefficient (Wildman–Crippen LogP) is 3.20. The van der Waals surface area contributed by atoms with Gasteiger partial charge in [-0.05, 0) is 36.6 Å². The van der Waals surface area contributed by atoms with Crippen molar-refractivity contribution in [3.63, 3.8) is 0 Å². The smallest absolute Gasteiger partial charge is 0.354 e. The van der Waals surface area contributed by atoms with E-state index in [2.05, 4.69) is 4.98 Å². The Morgan fingerprint density at radius 3 is 2.48 bits per heavy atom. The zero-order valence-electron chi connectivity index (χ0n) is 10.8. The van der Waals surface area contributed by atoms with Crippen molar-refractivity contribution in [3.05, 3.63) is 52.2 Å². The summed E-state index contributed by atoms with van der Waals surface area (Å²) in [6.45, 7) is 0. The summed E-state index contributed by atoms with van der Waals surface area (Å²) in [7, 11) is 0. The second-order valence-electron chi connectivity index (χ2n) is 3.86. The van der Waals surface area contributed by atoms with Crippen LogP contribution in [0.15, 0.2) is 41.3 Å². The van der Waals surface area contributed by atoms with Crippen molar-refractivity contribution in [2.24, 2.45) is 0 Å². The van der Waals surface area contributed by atoms with Crippen molar-refractivity contribution in [1.29, 1.82) is 0 Å². The molecule has 0 saturated carbocycles. The Hall–Kier alpha value is -2.61. The summed E-state index contributed by atoms with van der Waals surface area (Å²) in [6, 6.07) is 8.95. The Morgan fingerprint density at radius 1 is 1.29 bits per heavy atom. The minimum absolute atomic E-state index is 0.323. The lowest BCUT2D eigenvalue weighted by Gasteiger charge is -2.06. The highest BCUT2D eigenvalue weighted by atomic mass is 32.2. The van der Waals surface area contributed by atoms with Crippen LogP contribution in [0.4, 0.5) is 5.69 Å². The largest absolute Gasteiger partial charge is 0.477 e. The molecule has 7 nitrogen and oxygen atoms in total. The van der Waals surface area contributed by atoms with Gasteiger partial charge in [0.1, 0.15) is 5.75 Å². The van der Waals surface area contributed by atoms with Crippen LogP contribution in [0.5, 0.6) is 11.6 Å². The maximum Gasteiger partial charge on any atom is 0.354 e. The van der Waals surface area contributed by atoms with Gasteiger partial charge in [0.25, 0.3) is 5.88 Å². The quantitative estimate of drug-likeness (QED) is 0.514. The Labute approximate surface area is 123 Å². The number of pyridine rings is 1. The molecule has 0 aliphatic heterocycles. The van der Waals surface area contributed by atoms with Crippen molar-refractivity contribution in [2.75, 3.05) is 6.26 Å². The molecule has 0 atom stereocenters. The molecule has 0 aliphatic rings. The number of rotatable bonds is 5. The first kappa shape index (κ1) is 14.8. The molecular formula is C13H10N2O5S. The highest BCUT2D eigenvalue weighted by Gasteiger charge is 2.20. The number of aromatic nitrogens is 1. The third-order valence-electron chi connectivity index (χ3n) is 2.53. The molecule has 2 rings (SSSR count). The van der Waals surface area contributed by atoms with Gasteiger partial charge in [-0.15, -0.1) is 11.8 Å². The zero-order chi connectivity index (χ0) is 15.4. The van der Waals surface area contributed by atoms with Crippen molar-refractivity contribution < 1.29 is 19.6 Å². The number of carboxylic acid groups (broad SMARTS) is 1. The fraction of sp³-hybridized carbons (Fsp3) is 0.0769. The first-order valence-electron chi connectivity index (χ1n) is 5.72. The van der Waals surface area contributed by atoms with Gasteiger partial charge >= 0.3 is 11.7 Å². The van der Waals surface area contributed by atoms with Gasteiger partial charge in [-0.1, -0.05) is 0 Å². The Morgan fingerprint density at radius 2 is 1.95 bits per heavy atom. The molecule has 8 heteroatoms. The molecule has 1 aromatic heterocycles. The molecule has 0 bridgehead atoms. The zero-order valence-corrected chi connectivity index (χ0v) is 11.7. The van der Waals surface area contributed by atoms with Gasteiger partial charge in [-0.2, -0.15) is 4.98 Å². The molecule has 0 fully saturated rings. The van der Waals surface area contributed by atoms with Crippen LogP contribution in [0.1, 0.15) is 10.5 Å². The Kier molecular flexibility index (Phi) is 4.39. The molecule has 1 N–H and O–H groups in total. The van der Waals surface area contributed by atoms with E-state index in [1.807, 2.05) is 6.26 Å². The number of benzene rings is 1. The summed E-state index contributed by atoms with van der Waals surface area (Å²) in [5.74, 6) is -1.30. The lowest BCUT2D eigenvalue weighted by molar-refractivity contribution is -0.386. The molecular weight excluding hydrogens is 296 g/mol. The summed E-state index contributed by atoms with van der Waals surface area (Å²) >= 11 is 1.54. The molecule has 21 heavy (non-hydrogen) atoms. The van der Waals surface area contributed by atoms with E-state index in [0.717, 1.165) is 17.0 Å². The van der Waals surface area contributed by atoms with E-state index in [1.54, 1.807) is 36.0 Å². The average molecular weight is 306 g/mol. The van der Waals surface area contributed by atoms with Crippen LogP contribution in [-0.2, 0) is 0 Å². The minimum Gasteiger partial charge on any atom is -0.477 e. The number of hydrogen-bond donors (Lipinski definition) is 1. The minimum atomic E-state index is -1.28. The van der Waals surface area contributed by atoms with E-state index in [4.69, 9.17) is 9.84 Å². The SMILES string of the molecule is CSc1ccc(Oc2nc(C(=O)O)ccc2[N+](=O)[O-])cc1. The van der Waals surface area contributed by atoms with Gasteiger partial charge in [0.15, 0.2) is 5.69 Å². The molecule has 0 unspecified atom stereocenters. The Balaban J connectivity index is 2.37. The van der Waals surface area contributed by atoms with E-state index >= 15 is 0 Å². The number of nitro groups is 1. The number of carbonyl (C=O) groups is 1. The normalized spacial score (nSPS) is 10.1. The predicted molar refractivity (Wildman–Crippen MR) is 76.1 cm³/mol. The van der Waals surface area contributed by atoms with Crippen LogP contribution in [0, 0.1) is 10.1 Å². The average Bonchev–Trinajstić information content (AvgIpc) is 2.47. The lowest BCUT2D eigenvalue weighted by atomic mass is 10.3. The summed E-state index contributed by atoms with van der Waals surface area (Å²) in [5.41, 5.74) is -0.717. The summed E-state index contributed by atoms with van der Waals surface area (Å²) in [6.07, 6.45) is 1.92. The molecule has 0 spiro atoms. The highest BCUT2D eigenvalue weighted by Crippen LogP contribution is 2.30. The number of ether oxygens (including phenoxy) is 1.